The Balaban J connectivity index is 1.70. The molecule has 1 aromatic carbocycles. The van der Waals surface area contributed by atoms with Gasteiger partial charge in [-0.15, -0.1) is 0 Å². The Hall–Kier alpha value is -2.48. The predicted octanol–water partition coefficient (Wildman–Crippen LogP) is 0.705. The maximum atomic E-state index is 13.1. The number of piperidine rings is 1. The van der Waals surface area contributed by atoms with Crippen LogP contribution >= 0.6 is 0 Å². The van der Waals surface area contributed by atoms with Gasteiger partial charge in [0.05, 0.1) is 12.5 Å². The number of hydrogen-bond donors (Lipinski definition) is 2. The number of primary amides is 1. The molecule has 1 atom stereocenters. The first kappa shape index (κ1) is 18.3. The average Bonchev–Trinajstić information content (AvgIpc) is 2.91. The molecule has 3 N–H and O–H groups in total. The van der Waals surface area contributed by atoms with E-state index in [1.807, 2.05) is 4.90 Å². The van der Waals surface area contributed by atoms with Gasteiger partial charge in [-0.1, -0.05) is 0 Å². The third-order valence-electron chi connectivity index (χ3n) is 5.33. The molecule has 3 amide bonds. The van der Waals surface area contributed by atoms with Gasteiger partial charge in [0.2, 0.25) is 17.7 Å². The summed E-state index contributed by atoms with van der Waals surface area (Å²) in [7, 11) is 0. The lowest BCUT2D eigenvalue weighted by Gasteiger charge is -2.42. The molecule has 0 saturated carbocycles. The highest BCUT2D eigenvalue weighted by Crippen LogP contribution is 2.30. The molecule has 0 spiro atoms. The molecule has 2 fully saturated rings. The van der Waals surface area contributed by atoms with Gasteiger partial charge >= 0.3 is 0 Å². The molecule has 3 rings (SSSR count). The molecule has 140 valence electrons. The van der Waals surface area contributed by atoms with Crippen molar-refractivity contribution in [2.24, 2.45) is 5.73 Å². The van der Waals surface area contributed by atoms with E-state index in [9.17, 15) is 18.8 Å². The minimum absolute atomic E-state index is 0.154. The number of amides is 3. The Kier molecular flexibility index (Phi) is 4.95. The second-order valence-corrected chi connectivity index (χ2v) is 6.81. The summed E-state index contributed by atoms with van der Waals surface area (Å²) < 4.78 is 13.1. The van der Waals surface area contributed by atoms with E-state index in [1.165, 1.54) is 17.0 Å². The standard InChI is InChI=1S/C18H23FN4O3/c1-2-23-15(24)11-14(16(23)25)22-9-7-18(8-10-22,17(20)26)21-13-5-3-12(19)4-6-13/h3-6,14,21H,2,7-11H2,1H3,(H2,20,26)/t14-/m0/s1. The Labute approximate surface area is 151 Å². The van der Waals surface area contributed by atoms with Crippen LogP contribution in [-0.4, -0.2) is 58.7 Å². The van der Waals surface area contributed by atoms with Gasteiger partial charge < -0.3 is 11.1 Å². The fourth-order valence-corrected chi connectivity index (χ4v) is 3.74. The van der Waals surface area contributed by atoms with E-state index in [0.717, 1.165) is 0 Å². The van der Waals surface area contributed by atoms with Gasteiger partial charge in [-0.3, -0.25) is 24.2 Å². The van der Waals surface area contributed by atoms with Crippen molar-refractivity contribution in [2.75, 3.05) is 25.0 Å². The average molecular weight is 362 g/mol. The fourth-order valence-electron chi connectivity index (χ4n) is 3.74. The fraction of sp³-hybridized carbons (Fsp3) is 0.500. The number of nitrogens with one attached hydrogen (secondary N) is 1. The van der Waals surface area contributed by atoms with Crippen LogP contribution in [0.3, 0.4) is 0 Å². The van der Waals surface area contributed by atoms with E-state index in [2.05, 4.69) is 5.32 Å². The van der Waals surface area contributed by atoms with E-state index in [0.29, 0.717) is 38.2 Å². The number of carbonyl (C=O) groups excluding carboxylic acids is 3. The van der Waals surface area contributed by atoms with Crippen molar-refractivity contribution in [2.45, 2.75) is 37.8 Å². The lowest BCUT2D eigenvalue weighted by molar-refractivity contribution is -0.139. The lowest BCUT2D eigenvalue weighted by atomic mass is 9.85. The van der Waals surface area contributed by atoms with Crippen LogP contribution in [0.15, 0.2) is 24.3 Å². The molecule has 26 heavy (non-hydrogen) atoms. The van der Waals surface area contributed by atoms with Gasteiger partial charge in [-0.2, -0.15) is 0 Å². The monoisotopic (exact) mass is 362 g/mol. The first-order chi connectivity index (χ1) is 12.4. The molecule has 0 unspecified atom stereocenters. The molecule has 7 nitrogen and oxygen atoms in total. The van der Waals surface area contributed by atoms with Crippen LogP contribution in [0.1, 0.15) is 26.2 Å². The van der Waals surface area contributed by atoms with Crippen LogP contribution in [-0.2, 0) is 14.4 Å². The highest BCUT2D eigenvalue weighted by Gasteiger charge is 2.46. The van der Waals surface area contributed by atoms with Crippen LogP contribution in [0.5, 0.6) is 0 Å². The van der Waals surface area contributed by atoms with Gasteiger partial charge in [0.15, 0.2) is 0 Å². The zero-order valence-corrected chi connectivity index (χ0v) is 14.7. The number of halogens is 1. The van der Waals surface area contributed by atoms with Gasteiger partial charge in [0, 0.05) is 25.3 Å². The third-order valence-corrected chi connectivity index (χ3v) is 5.33. The normalized spacial score (nSPS) is 23.3. The minimum Gasteiger partial charge on any atom is -0.371 e. The molecule has 0 aliphatic carbocycles. The predicted molar refractivity (Wildman–Crippen MR) is 93.6 cm³/mol. The number of likely N-dealkylation sites (tertiary alicyclic amines) is 2. The van der Waals surface area contributed by atoms with Crippen LogP contribution in [0, 0.1) is 5.82 Å². The van der Waals surface area contributed by atoms with Crippen LogP contribution < -0.4 is 11.1 Å². The Morgan fingerprint density at radius 3 is 2.38 bits per heavy atom. The zero-order chi connectivity index (χ0) is 18.9. The third kappa shape index (κ3) is 3.29. The van der Waals surface area contributed by atoms with Crippen molar-refractivity contribution >= 4 is 23.4 Å². The molecule has 0 radical (unpaired) electrons. The molecule has 8 heteroatoms. The van der Waals surface area contributed by atoms with Crippen LogP contribution in [0.4, 0.5) is 10.1 Å². The van der Waals surface area contributed by atoms with E-state index in [4.69, 9.17) is 5.73 Å². The van der Waals surface area contributed by atoms with Gasteiger partial charge in [-0.05, 0) is 44.0 Å². The van der Waals surface area contributed by atoms with Crippen LogP contribution in [0.2, 0.25) is 0 Å². The molecular formula is C18H23FN4O3. The topological polar surface area (TPSA) is 95.7 Å². The second-order valence-electron chi connectivity index (χ2n) is 6.81. The van der Waals surface area contributed by atoms with Crippen molar-refractivity contribution < 1.29 is 18.8 Å². The number of likely N-dealkylation sites (N-methyl/N-ethyl adjacent to an activating group) is 1. The second kappa shape index (κ2) is 7.03. The van der Waals surface area contributed by atoms with Crippen molar-refractivity contribution in [1.82, 2.24) is 9.80 Å². The van der Waals surface area contributed by atoms with E-state index < -0.39 is 17.5 Å². The number of benzene rings is 1. The minimum atomic E-state index is -0.954. The summed E-state index contributed by atoms with van der Waals surface area (Å²) >= 11 is 0. The Bertz CT molecular complexity index is 714. The summed E-state index contributed by atoms with van der Waals surface area (Å²) in [6, 6.07) is 5.29. The molecule has 0 bridgehead atoms. The summed E-state index contributed by atoms with van der Waals surface area (Å²) in [5, 5.41) is 3.14. The molecule has 2 heterocycles. The number of anilines is 1. The molecule has 1 aromatic rings. The number of nitrogens with zero attached hydrogens (tertiary/aromatic N) is 2. The number of imide groups is 1. The summed E-state index contributed by atoms with van der Waals surface area (Å²) in [5.41, 5.74) is 5.31. The molecule has 2 saturated heterocycles. The van der Waals surface area contributed by atoms with E-state index in [-0.39, 0.29) is 24.1 Å². The van der Waals surface area contributed by atoms with E-state index in [1.54, 1.807) is 19.1 Å². The SMILES string of the molecule is CCN1C(=O)C[C@H](N2CCC(Nc3ccc(F)cc3)(C(N)=O)CC2)C1=O. The highest BCUT2D eigenvalue weighted by molar-refractivity contribution is 6.05. The summed E-state index contributed by atoms with van der Waals surface area (Å²) in [6.45, 7) is 3.09. The summed E-state index contributed by atoms with van der Waals surface area (Å²) in [5.74, 6) is -1.16. The quantitative estimate of drug-likeness (QED) is 0.752. The van der Waals surface area contributed by atoms with Crippen LogP contribution in [0.25, 0.3) is 0 Å². The smallest absolute Gasteiger partial charge is 0.247 e. The van der Waals surface area contributed by atoms with Crippen molar-refractivity contribution in [3.05, 3.63) is 30.1 Å². The number of carbonyl (C=O) groups is 3. The lowest BCUT2D eigenvalue weighted by Crippen LogP contribution is -2.59. The molecule has 0 aromatic heterocycles. The summed E-state index contributed by atoms with van der Waals surface area (Å²) in [4.78, 5) is 39.7. The van der Waals surface area contributed by atoms with Gasteiger partial charge in [0.1, 0.15) is 11.4 Å². The molecular weight excluding hydrogens is 339 g/mol. The zero-order valence-electron chi connectivity index (χ0n) is 14.7. The summed E-state index contributed by atoms with van der Waals surface area (Å²) in [6.07, 6.45) is 0.995. The maximum Gasteiger partial charge on any atom is 0.247 e. The molecule has 2 aliphatic rings. The van der Waals surface area contributed by atoms with E-state index >= 15 is 0 Å². The Morgan fingerprint density at radius 1 is 1.27 bits per heavy atom. The van der Waals surface area contributed by atoms with Gasteiger partial charge in [-0.25, -0.2) is 4.39 Å². The van der Waals surface area contributed by atoms with Crippen molar-refractivity contribution in [3.8, 4) is 0 Å². The first-order valence-electron chi connectivity index (χ1n) is 8.78. The van der Waals surface area contributed by atoms with Gasteiger partial charge in [0.25, 0.3) is 0 Å². The Morgan fingerprint density at radius 2 is 1.88 bits per heavy atom. The number of nitrogens with two attached hydrogens (primary N) is 1. The number of hydrogen-bond acceptors (Lipinski definition) is 5. The maximum absolute atomic E-state index is 13.1. The highest BCUT2D eigenvalue weighted by atomic mass is 19.1. The number of rotatable bonds is 5. The first-order valence-corrected chi connectivity index (χ1v) is 8.78. The van der Waals surface area contributed by atoms with Crippen molar-refractivity contribution in [1.29, 1.82) is 0 Å². The van der Waals surface area contributed by atoms with Crippen molar-refractivity contribution in [3.63, 3.8) is 0 Å². The molecule has 2 aliphatic heterocycles. The largest absolute Gasteiger partial charge is 0.371 e.